The summed E-state index contributed by atoms with van der Waals surface area (Å²) in [6.07, 6.45) is 1.42. The van der Waals surface area contributed by atoms with E-state index in [-0.39, 0.29) is 24.8 Å². The normalized spacial score (nSPS) is 16.4. The summed E-state index contributed by atoms with van der Waals surface area (Å²) in [4.78, 5) is 56.6. The summed E-state index contributed by atoms with van der Waals surface area (Å²) < 4.78 is 13.1. The van der Waals surface area contributed by atoms with Gasteiger partial charge >= 0.3 is 0 Å². The molecular formula is C25H34FN7O4. The van der Waals surface area contributed by atoms with Gasteiger partial charge in [0.15, 0.2) is 11.7 Å². The van der Waals surface area contributed by atoms with Crippen molar-refractivity contribution < 1.29 is 23.6 Å². The first-order chi connectivity index (χ1) is 17.6. The molecule has 11 nitrogen and oxygen atoms in total. The Bertz CT molecular complexity index is 1050. The van der Waals surface area contributed by atoms with Gasteiger partial charge in [0, 0.05) is 18.7 Å². The Labute approximate surface area is 215 Å². The van der Waals surface area contributed by atoms with E-state index in [4.69, 9.17) is 16.7 Å². The summed E-state index contributed by atoms with van der Waals surface area (Å²) in [5.41, 5.74) is 11.3. The molecule has 200 valence electrons. The number of ketones is 1. The van der Waals surface area contributed by atoms with Gasteiger partial charge in [-0.15, -0.1) is 0 Å². The minimum Gasteiger partial charge on any atom is -0.370 e. The number of Topliss-reactive ketones (excluding diaryl/α,β-unsaturated/α-hetero) is 1. The molecule has 0 aromatic heterocycles. The quantitative estimate of drug-likeness (QED) is 0.176. The number of benzene rings is 1. The van der Waals surface area contributed by atoms with E-state index in [9.17, 15) is 23.6 Å². The summed E-state index contributed by atoms with van der Waals surface area (Å²) in [5.74, 6) is -2.62. The molecule has 37 heavy (non-hydrogen) atoms. The standard InChI is InChI=1S/C25H34FN7O4/c1-15(2)21(32-22(35)17-9-7-16(14-27)8-10-17)24(37)33-12-4-6-19(33)23(36)31-18(20(34)13-26)5-3-11-30-25(28)29/h7-10,15,18-19,21H,3-6,11-13H2,1-2H3,(H,31,36)(H,32,35)(H4,28,29,30). The van der Waals surface area contributed by atoms with E-state index in [1.54, 1.807) is 13.8 Å². The number of nitrogens with one attached hydrogen (secondary N) is 2. The van der Waals surface area contributed by atoms with Crippen LogP contribution in [0.4, 0.5) is 4.39 Å². The van der Waals surface area contributed by atoms with Gasteiger partial charge in [0.05, 0.1) is 17.7 Å². The molecule has 0 radical (unpaired) electrons. The van der Waals surface area contributed by atoms with E-state index < -0.39 is 48.3 Å². The van der Waals surface area contributed by atoms with Crippen molar-refractivity contribution in [2.45, 2.75) is 57.7 Å². The third-order valence-corrected chi connectivity index (χ3v) is 6.12. The number of nitrogens with two attached hydrogens (primary N) is 2. The summed E-state index contributed by atoms with van der Waals surface area (Å²) in [6.45, 7) is 2.84. The fourth-order valence-electron chi connectivity index (χ4n) is 4.09. The molecule has 0 saturated carbocycles. The maximum atomic E-state index is 13.4. The fourth-order valence-corrected chi connectivity index (χ4v) is 4.09. The van der Waals surface area contributed by atoms with Crippen LogP contribution in [0.3, 0.4) is 0 Å². The van der Waals surface area contributed by atoms with Crippen LogP contribution in [0.2, 0.25) is 0 Å². The molecule has 1 aromatic carbocycles. The lowest BCUT2D eigenvalue weighted by Gasteiger charge is -2.31. The number of nitrogens with zero attached hydrogens (tertiary/aromatic N) is 3. The highest BCUT2D eigenvalue weighted by Crippen LogP contribution is 2.21. The van der Waals surface area contributed by atoms with E-state index in [1.165, 1.54) is 29.2 Å². The van der Waals surface area contributed by atoms with E-state index in [0.29, 0.717) is 36.9 Å². The van der Waals surface area contributed by atoms with Crippen LogP contribution >= 0.6 is 0 Å². The topological polar surface area (TPSA) is 184 Å². The SMILES string of the molecule is CC(C)C(NC(=O)c1ccc(C#N)cc1)C(=O)N1CCCC1C(=O)NC(CCCN=C(N)N)C(=O)CF. The third kappa shape index (κ3) is 8.27. The molecule has 3 amide bonds. The molecule has 3 atom stereocenters. The van der Waals surface area contributed by atoms with E-state index in [1.807, 2.05) is 6.07 Å². The van der Waals surface area contributed by atoms with Crippen LogP contribution in [0.15, 0.2) is 29.3 Å². The molecule has 1 aliphatic rings. The van der Waals surface area contributed by atoms with Crippen LogP contribution in [-0.4, -0.2) is 72.3 Å². The number of hydrogen-bond donors (Lipinski definition) is 4. The monoisotopic (exact) mass is 515 g/mol. The second kappa shape index (κ2) is 13.9. The Kier molecular flexibility index (Phi) is 11.0. The highest BCUT2D eigenvalue weighted by Gasteiger charge is 2.39. The van der Waals surface area contributed by atoms with Crippen molar-refractivity contribution in [2.75, 3.05) is 19.8 Å². The molecule has 2 rings (SSSR count). The number of likely N-dealkylation sites (tertiary alicyclic amines) is 1. The van der Waals surface area contributed by atoms with Gasteiger partial charge in [0.1, 0.15) is 18.8 Å². The maximum absolute atomic E-state index is 13.4. The molecule has 1 fully saturated rings. The second-order valence-corrected chi connectivity index (χ2v) is 9.18. The maximum Gasteiger partial charge on any atom is 0.251 e. The second-order valence-electron chi connectivity index (χ2n) is 9.18. The van der Waals surface area contributed by atoms with Crippen LogP contribution in [0.5, 0.6) is 0 Å². The van der Waals surface area contributed by atoms with Gasteiger partial charge in [-0.1, -0.05) is 13.8 Å². The first kappa shape index (κ1) is 29.2. The molecule has 0 spiro atoms. The van der Waals surface area contributed by atoms with E-state index >= 15 is 0 Å². The summed E-state index contributed by atoms with van der Waals surface area (Å²) in [6, 6.07) is 5.16. The van der Waals surface area contributed by atoms with Crippen LogP contribution in [0, 0.1) is 17.2 Å². The number of nitriles is 1. The smallest absolute Gasteiger partial charge is 0.251 e. The molecule has 1 heterocycles. The Morgan fingerprint density at radius 3 is 2.43 bits per heavy atom. The lowest BCUT2D eigenvalue weighted by atomic mass is 10.0. The van der Waals surface area contributed by atoms with Crippen LogP contribution < -0.4 is 22.1 Å². The van der Waals surface area contributed by atoms with Gasteiger partial charge in [-0.05, 0) is 55.9 Å². The zero-order chi connectivity index (χ0) is 27.5. The van der Waals surface area contributed by atoms with Gasteiger partial charge < -0.3 is 27.0 Å². The van der Waals surface area contributed by atoms with Crippen molar-refractivity contribution >= 4 is 29.5 Å². The predicted molar refractivity (Wildman–Crippen MR) is 135 cm³/mol. The van der Waals surface area contributed by atoms with Gasteiger partial charge in [0.2, 0.25) is 11.8 Å². The molecule has 1 aliphatic heterocycles. The zero-order valence-electron chi connectivity index (χ0n) is 21.1. The number of amides is 3. The number of carbonyl (C=O) groups is 4. The Balaban J connectivity index is 2.10. The van der Waals surface area contributed by atoms with Crippen molar-refractivity contribution in [3.8, 4) is 6.07 Å². The number of halogens is 1. The summed E-state index contributed by atoms with van der Waals surface area (Å²) in [5, 5.41) is 14.3. The fraction of sp³-hybridized carbons (Fsp3) is 0.520. The Morgan fingerprint density at radius 2 is 1.86 bits per heavy atom. The molecule has 0 bridgehead atoms. The van der Waals surface area contributed by atoms with Crippen molar-refractivity contribution in [2.24, 2.45) is 22.4 Å². The Morgan fingerprint density at radius 1 is 1.19 bits per heavy atom. The molecule has 0 aliphatic carbocycles. The number of aliphatic imine (C=N–C) groups is 1. The van der Waals surface area contributed by atoms with Crippen molar-refractivity contribution in [1.29, 1.82) is 5.26 Å². The van der Waals surface area contributed by atoms with Crippen LogP contribution in [0.1, 0.15) is 55.5 Å². The molecule has 12 heteroatoms. The van der Waals surface area contributed by atoms with E-state index in [2.05, 4.69) is 15.6 Å². The predicted octanol–water partition coefficient (Wildman–Crippen LogP) is 0.381. The molecule has 6 N–H and O–H groups in total. The van der Waals surface area contributed by atoms with Crippen molar-refractivity contribution in [1.82, 2.24) is 15.5 Å². The van der Waals surface area contributed by atoms with Gasteiger partial charge in [0.25, 0.3) is 5.91 Å². The molecular weight excluding hydrogens is 481 g/mol. The van der Waals surface area contributed by atoms with Gasteiger partial charge in [-0.25, -0.2) is 4.39 Å². The number of carbonyl (C=O) groups excluding carboxylic acids is 4. The lowest BCUT2D eigenvalue weighted by molar-refractivity contribution is -0.141. The Hall–Kier alpha value is -4.01. The number of hydrogen-bond acceptors (Lipinski definition) is 6. The van der Waals surface area contributed by atoms with Crippen molar-refractivity contribution in [3.63, 3.8) is 0 Å². The van der Waals surface area contributed by atoms with Gasteiger partial charge in [-0.3, -0.25) is 24.2 Å². The first-order valence-corrected chi connectivity index (χ1v) is 12.1. The number of alkyl halides is 1. The highest BCUT2D eigenvalue weighted by atomic mass is 19.1. The van der Waals surface area contributed by atoms with E-state index in [0.717, 1.165) is 0 Å². The zero-order valence-corrected chi connectivity index (χ0v) is 21.1. The number of rotatable bonds is 12. The van der Waals surface area contributed by atoms with Crippen LogP contribution in [0.25, 0.3) is 0 Å². The molecule has 1 saturated heterocycles. The van der Waals surface area contributed by atoms with Crippen LogP contribution in [-0.2, 0) is 14.4 Å². The molecule has 1 aromatic rings. The average molecular weight is 516 g/mol. The highest BCUT2D eigenvalue weighted by molar-refractivity contribution is 5.99. The molecule has 3 unspecified atom stereocenters. The minimum absolute atomic E-state index is 0.108. The van der Waals surface area contributed by atoms with Crippen molar-refractivity contribution in [3.05, 3.63) is 35.4 Å². The summed E-state index contributed by atoms with van der Waals surface area (Å²) >= 11 is 0. The minimum atomic E-state index is -1.24. The largest absolute Gasteiger partial charge is 0.370 e. The first-order valence-electron chi connectivity index (χ1n) is 12.1. The van der Waals surface area contributed by atoms with Gasteiger partial charge in [-0.2, -0.15) is 5.26 Å². The third-order valence-electron chi connectivity index (χ3n) is 6.12. The average Bonchev–Trinajstić information content (AvgIpc) is 3.38. The lowest BCUT2D eigenvalue weighted by Crippen LogP contribution is -2.56. The number of guanidine groups is 1. The summed E-state index contributed by atoms with van der Waals surface area (Å²) in [7, 11) is 0.